The summed E-state index contributed by atoms with van der Waals surface area (Å²) in [7, 11) is 2.16. The van der Waals surface area contributed by atoms with Crippen molar-refractivity contribution in [2.45, 2.75) is 62.9 Å². The van der Waals surface area contributed by atoms with Gasteiger partial charge in [0.25, 0.3) is 5.56 Å². The van der Waals surface area contributed by atoms with Gasteiger partial charge in [0.1, 0.15) is 11.8 Å². The first-order valence-corrected chi connectivity index (χ1v) is 13.2. The molecule has 1 aromatic carbocycles. The Morgan fingerprint density at radius 2 is 1.81 bits per heavy atom. The number of halogens is 1. The van der Waals surface area contributed by atoms with Crippen LogP contribution in [0, 0.1) is 5.41 Å². The Hall–Kier alpha value is -2.78. The molecule has 190 valence electrons. The van der Waals surface area contributed by atoms with E-state index in [0.29, 0.717) is 48.1 Å². The lowest BCUT2D eigenvalue weighted by molar-refractivity contribution is -0.00237. The largest absolute Gasteiger partial charge is 0.393 e. The number of aliphatic hydroxyl groups excluding tert-OH is 1. The number of hydrogen-bond donors (Lipinski definition) is 2. The van der Waals surface area contributed by atoms with E-state index >= 15 is 0 Å². The van der Waals surface area contributed by atoms with Gasteiger partial charge in [0.05, 0.1) is 11.5 Å². The molecule has 2 N–H and O–H groups in total. The maximum atomic E-state index is 14.0. The molecule has 2 aliphatic heterocycles. The number of nitrogens with zero attached hydrogens (tertiary/aromatic N) is 5. The van der Waals surface area contributed by atoms with E-state index in [1.54, 1.807) is 6.20 Å². The minimum absolute atomic E-state index is 0.0177. The first kappa shape index (κ1) is 22.4. The number of rotatable bonds is 4. The van der Waals surface area contributed by atoms with Gasteiger partial charge in [0.2, 0.25) is 5.95 Å². The summed E-state index contributed by atoms with van der Waals surface area (Å²) in [5.74, 6) is 0.440. The van der Waals surface area contributed by atoms with Crippen LogP contribution in [0.15, 0.2) is 29.2 Å². The molecule has 0 amide bonds. The zero-order valence-corrected chi connectivity index (χ0v) is 20.7. The number of nitrogens with one attached hydrogen (secondary N) is 1. The Bertz CT molecular complexity index is 1380. The summed E-state index contributed by atoms with van der Waals surface area (Å²) >= 11 is 0. The minimum Gasteiger partial charge on any atom is -0.393 e. The minimum atomic E-state index is -0.764. The number of likely N-dealkylation sites (tertiary alicyclic amines) is 1. The van der Waals surface area contributed by atoms with Crippen molar-refractivity contribution in [2.75, 3.05) is 43.4 Å². The lowest BCUT2D eigenvalue weighted by Gasteiger charge is -2.60. The van der Waals surface area contributed by atoms with Crippen LogP contribution in [0.3, 0.4) is 0 Å². The van der Waals surface area contributed by atoms with Crippen molar-refractivity contribution in [1.82, 2.24) is 19.4 Å². The summed E-state index contributed by atoms with van der Waals surface area (Å²) < 4.78 is 15.2. The molecule has 1 spiro atoms. The summed E-state index contributed by atoms with van der Waals surface area (Å²) in [4.78, 5) is 28.1. The van der Waals surface area contributed by atoms with Gasteiger partial charge in [0, 0.05) is 60.9 Å². The average molecular weight is 493 g/mol. The van der Waals surface area contributed by atoms with Gasteiger partial charge in [-0.25, -0.2) is 9.37 Å². The molecule has 0 atom stereocenters. The summed E-state index contributed by atoms with van der Waals surface area (Å²) in [6, 6.07) is 6.20. The summed E-state index contributed by atoms with van der Waals surface area (Å²) in [5.41, 5.74) is 2.10. The van der Waals surface area contributed by atoms with Crippen LogP contribution >= 0.6 is 0 Å². The van der Waals surface area contributed by atoms with Crippen LogP contribution in [0.2, 0.25) is 0 Å². The fourth-order valence-electron chi connectivity index (χ4n) is 6.93. The molecule has 0 unspecified atom stereocenters. The second-order valence-corrected chi connectivity index (χ2v) is 11.7. The van der Waals surface area contributed by atoms with Gasteiger partial charge in [-0.1, -0.05) is 6.07 Å². The molecular weight excluding hydrogens is 459 g/mol. The van der Waals surface area contributed by atoms with E-state index in [1.165, 1.54) is 0 Å². The second-order valence-electron chi connectivity index (χ2n) is 11.7. The number of aromatic nitrogens is 3. The van der Waals surface area contributed by atoms with Crippen LogP contribution in [-0.4, -0.2) is 76.1 Å². The van der Waals surface area contributed by atoms with Crippen molar-refractivity contribution >= 4 is 33.4 Å². The van der Waals surface area contributed by atoms with E-state index in [-0.39, 0.29) is 23.7 Å². The molecule has 7 rings (SSSR count). The molecule has 2 aliphatic carbocycles. The molecule has 4 fully saturated rings. The maximum Gasteiger partial charge on any atom is 0.260 e. The van der Waals surface area contributed by atoms with Crippen molar-refractivity contribution in [3.63, 3.8) is 0 Å². The van der Waals surface area contributed by atoms with E-state index in [1.807, 2.05) is 16.7 Å². The Morgan fingerprint density at radius 1 is 1.06 bits per heavy atom. The van der Waals surface area contributed by atoms with E-state index < -0.39 is 6.17 Å². The Labute approximate surface area is 209 Å². The maximum absolute atomic E-state index is 14.0. The number of hydrogen-bond acceptors (Lipinski definition) is 7. The Kier molecular flexibility index (Phi) is 5.05. The average Bonchev–Trinajstić information content (AvgIpc) is 2.80. The number of benzene rings is 1. The van der Waals surface area contributed by atoms with Gasteiger partial charge in [0.15, 0.2) is 0 Å². The quantitative estimate of drug-likeness (QED) is 0.542. The van der Waals surface area contributed by atoms with Gasteiger partial charge in [-0.05, 0) is 63.1 Å². The third-order valence-electron chi connectivity index (χ3n) is 8.81. The van der Waals surface area contributed by atoms with E-state index in [9.17, 15) is 14.3 Å². The van der Waals surface area contributed by atoms with Gasteiger partial charge >= 0.3 is 0 Å². The van der Waals surface area contributed by atoms with E-state index in [4.69, 9.17) is 4.98 Å². The molecule has 0 radical (unpaired) electrons. The van der Waals surface area contributed by atoms with Gasteiger partial charge in [-0.3, -0.25) is 9.36 Å². The van der Waals surface area contributed by atoms with Crippen molar-refractivity contribution in [1.29, 1.82) is 0 Å². The van der Waals surface area contributed by atoms with Crippen LogP contribution in [0.5, 0.6) is 0 Å². The van der Waals surface area contributed by atoms with Gasteiger partial charge < -0.3 is 20.2 Å². The van der Waals surface area contributed by atoms with Crippen LogP contribution in [0.4, 0.5) is 16.0 Å². The molecular formula is C27H33FN6O2. The molecule has 4 heterocycles. The second kappa shape index (κ2) is 8.11. The van der Waals surface area contributed by atoms with Gasteiger partial charge in [-0.2, -0.15) is 4.98 Å². The van der Waals surface area contributed by atoms with E-state index in [2.05, 4.69) is 33.2 Å². The summed E-state index contributed by atoms with van der Waals surface area (Å²) in [6.45, 7) is 4.35. The van der Waals surface area contributed by atoms with Crippen molar-refractivity contribution in [2.24, 2.45) is 5.41 Å². The van der Waals surface area contributed by atoms with Crippen molar-refractivity contribution in [3.8, 4) is 0 Å². The highest BCUT2D eigenvalue weighted by Crippen LogP contribution is 2.42. The van der Waals surface area contributed by atoms with Crippen LogP contribution in [0.25, 0.3) is 21.8 Å². The molecule has 9 heteroatoms. The Balaban J connectivity index is 1.30. The summed E-state index contributed by atoms with van der Waals surface area (Å²) in [5, 5.41) is 15.7. The fourth-order valence-corrected chi connectivity index (χ4v) is 6.93. The number of pyridine rings is 1. The standard InChI is InChI=1S/C27H33FN6O2/c1-32-12-27(13-32)14-33(15-27)19-4-7-21-22(10-19)25(36)34(18-2-5-20(35)6-3-18)24-23(21)11-29-26(31-24)30-17-8-16(28)9-17/h4,7,10-11,16-18,20,35H,2-3,5-6,8-9,12-15H2,1H3,(H,29,30,31). The van der Waals surface area contributed by atoms with Crippen LogP contribution < -0.4 is 15.8 Å². The van der Waals surface area contributed by atoms with Crippen molar-refractivity contribution in [3.05, 3.63) is 34.7 Å². The SMILES string of the molecule is CN1CC2(C1)CN(c1ccc3c(c1)c(=O)n(C1CCC(O)CC1)c1nc(NC4CC(F)C4)ncc31)C2. The van der Waals surface area contributed by atoms with Crippen LogP contribution in [-0.2, 0) is 0 Å². The summed E-state index contributed by atoms with van der Waals surface area (Å²) in [6.07, 6.45) is 4.48. The highest BCUT2D eigenvalue weighted by Gasteiger charge is 2.50. The third kappa shape index (κ3) is 3.58. The van der Waals surface area contributed by atoms with Crippen LogP contribution in [0.1, 0.15) is 44.6 Å². The molecule has 2 saturated carbocycles. The van der Waals surface area contributed by atoms with E-state index in [0.717, 1.165) is 55.5 Å². The number of aliphatic hydroxyl groups is 1. The highest BCUT2D eigenvalue weighted by molar-refractivity contribution is 6.05. The molecule has 2 saturated heterocycles. The zero-order valence-electron chi connectivity index (χ0n) is 20.7. The lowest BCUT2D eigenvalue weighted by Crippen LogP contribution is -2.71. The first-order chi connectivity index (χ1) is 17.4. The number of fused-ring (bicyclic) bond motifs is 3. The molecule has 4 aliphatic rings. The predicted octanol–water partition coefficient (Wildman–Crippen LogP) is 3.08. The molecule has 2 aromatic heterocycles. The Morgan fingerprint density at radius 3 is 2.50 bits per heavy atom. The van der Waals surface area contributed by atoms with Gasteiger partial charge in [-0.15, -0.1) is 0 Å². The number of alkyl halides is 1. The lowest BCUT2D eigenvalue weighted by atomic mass is 9.73. The molecule has 0 bridgehead atoms. The fraction of sp³-hybridized carbons (Fsp3) is 0.593. The predicted molar refractivity (Wildman–Crippen MR) is 138 cm³/mol. The topological polar surface area (TPSA) is 86.5 Å². The third-order valence-corrected chi connectivity index (χ3v) is 8.81. The monoisotopic (exact) mass is 492 g/mol. The highest BCUT2D eigenvalue weighted by atomic mass is 19.1. The zero-order chi connectivity index (χ0) is 24.6. The molecule has 8 nitrogen and oxygen atoms in total. The molecule has 3 aromatic rings. The van der Waals surface area contributed by atoms with Crippen molar-refractivity contribution < 1.29 is 9.50 Å². The number of anilines is 2. The normalized spacial score (nSPS) is 29.7. The molecule has 36 heavy (non-hydrogen) atoms. The smallest absolute Gasteiger partial charge is 0.260 e. The first-order valence-electron chi connectivity index (χ1n) is 13.2.